The monoisotopic (exact) mass is 481 g/mol. The lowest BCUT2D eigenvalue weighted by atomic mass is 10.0. The molecule has 2 rings (SSSR count). The second-order valence-corrected chi connectivity index (χ2v) is 8.37. The Morgan fingerprint density at radius 2 is 1.69 bits per heavy atom. The van der Waals surface area contributed by atoms with Crippen LogP contribution in [0.15, 0.2) is 54.7 Å². The zero-order valence-electron chi connectivity index (χ0n) is 20.8. The summed E-state index contributed by atoms with van der Waals surface area (Å²) in [7, 11) is 3.24. The van der Waals surface area contributed by atoms with E-state index in [1.807, 2.05) is 55.5 Å². The molecular weight excluding hydrogens is 446 g/mol. The van der Waals surface area contributed by atoms with Crippen molar-refractivity contribution in [2.75, 3.05) is 20.6 Å². The molecule has 9 nitrogen and oxygen atoms in total. The van der Waals surface area contributed by atoms with E-state index in [2.05, 4.69) is 20.9 Å². The van der Waals surface area contributed by atoms with Crippen LogP contribution in [-0.4, -0.2) is 66.1 Å². The highest BCUT2D eigenvalue weighted by Crippen LogP contribution is 2.15. The number of carbonyl (C=O) groups excluding carboxylic acids is 4. The fourth-order valence-corrected chi connectivity index (χ4v) is 3.52. The van der Waals surface area contributed by atoms with E-state index in [4.69, 9.17) is 0 Å². The Morgan fingerprint density at radius 1 is 1.00 bits per heavy atom. The summed E-state index contributed by atoms with van der Waals surface area (Å²) in [4.78, 5) is 56.2. The zero-order valence-corrected chi connectivity index (χ0v) is 20.8. The predicted molar refractivity (Wildman–Crippen MR) is 133 cm³/mol. The maximum absolute atomic E-state index is 12.7. The highest BCUT2D eigenvalue weighted by molar-refractivity contribution is 6.38. The summed E-state index contributed by atoms with van der Waals surface area (Å²) in [5.74, 6) is -2.26. The molecule has 1 aromatic heterocycles. The van der Waals surface area contributed by atoms with Gasteiger partial charge < -0.3 is 20.9 Å². The van der Waals surface area contributed by atoms with E-state index in [9.17, 15) is 19.2 Å². The first-order valence-electron chi connectivity index (χ1n) is 11.8. The van der Waals surface area contributed by atoms with Crippen molar-refractivity contribution >= 4 is 23.5 Å². The van der Waals surface area contributed by atoms with Crippen LogP contribution in [-0.2, 0) is 25.6 Å². The summed E-state index contributed by atoms with van der Waals surface area (Å²) < 4.78 is 0. The maximum atomic E-state index is 12.7. The molecule has 35 heavy (non-hydrogen) atoms. The number of pyridine rings is 1. The van der Waals surface area contributed by atoms with Gasteiger partial charge in [-0.2, -0.15) is 0 Å². The molecule has 0 saturated heterocycles. The molecule has 0 aliphatic heterocycles. The fourth-order valence-electron chi connectivity index (χ4n) is 3.52. The number of nitrogens with zero attached hydrogens (tertiary/aromatic N) is 2. The largest absolute Gasteiger partial charge is 0.345 e. The normalized spacial score (nSPS) is 13.3. The Bertz CT molecular complexity index is 984. The first kappa shape index (κ1) is 27.7. The summed E-state index contributed by atoms with van der Waals surface area (Å²) in [6.07, 6.45) is 2.83. The highest BCUT2D eigenvalue weighted by atomic mass is 16.2. The smallest absolute Gasteiger partial charge is 0.290 e. The molecule has 0 aliphatic rings. The third-order valence-corrected chi connectivity index (χ3v) is 5.79. The van der Waals surface area contributed by atoms with E-state index in [1.54, 1.807) is 25.2 Å². The average molecular weight is 482 g/mol. The van der Waals surface area contributed by atoms with Crippen LogP contribution in [0.3, 0.4) is 0 Å². The van der Waals surface area contributed by atoms with Gasteiger partial charge in [-0.15, -0.1) is 0 Å². The molecule has 9 heteroatoms. The van der Waals surface area contributed by atoms with Crippen LogP contribution in [0.4, 0.5) is 0 Å². The molecule has 0 aliphatic carbocycles. The lowest BCUT2D eigenvalue weighted by Gasteiger charge is -2.23. The van der Waals surface area contributed by atoms with Crippen LogP contribution >= 0.6 is 0 Å². The standard InChI is InChI=1S/C26H35N5O4/c1-5-21(19-11-7-6-8-12-19)30-26(35)24(33)18(2)29-25(34)22(27-3)17-23(32)31(4)16-14-20-13-9-10-15-28-20/h6-13,15,18,21-22,27H,5,14,16-17H2,1-4H3,(H,29,34)(H,30,35). The molecule has 0 fully saturated rings. The maximum Gasteiger partial charge on any atom is 0.290 e. The van der Waals surface area contributed by atoms with Crippen LogP contribution in [0, 0.1) is 0 Å². The van der Waals surface area contributed by atoms with E-state index < -0.39 is 29.7 Å². The lowest BCUT2D eigenvalue weighted by Crippen LogP contribution is -2.52. The summed E-state index contributed by atoms with van der Waals surface area (Å²) in [6, 6.07) is 12.8. The van der Waals surface area contributed by atoms with E-state index in [0.29, 0.717) is 19.4 Å². The molecule has 3 amide bonds. The number of hydrogen-bond donors (Lipinski definition) is 3. The van der Waals surface area contributed by atoms with Gasteiger partial charge in [-0.05, 0) is 38.1 Å². The third-order valence-electron chi connectivity index (χ3n) is 5.79. The van der Waals surface area contributed by atoms with Crippen LogP contribution in [0.2, 0.25) is 0 Å². The SMILES string of the molecule is CCC(NC(=O)C(=O)C(C)NC(=O)C(CC(=O)N(C)CCc1ccccn1)NC)c1ccccc1. The summed E-state index contributed by atoms with van der Waals surface area (Å²) >= 11 is 0. The quantitative estimate of drug-likeness (QED) is 0.372. The predicted octanol–water partition coefficient (Wildman–Crippen LogP) is 1.40. The fraction of sp³-hybridized carbons (Fsp3) is 0.423. The summed E-state index contributed by atoms with van der Waals surface area (Å²) in [6.45, 7) is 3.83. The van der Waals surface area contributed by atoms with E-state index >= 15 is 0 Å². The number of ketones is 1. The first-order valence-corrected chi connectivity index (χ1v) is 11.8. The van der Waals surface area contributed by atoms with Crippen LogP contribution in [0.5, 0.6) is 0 Å². The van der Waals surface area contributed by atoms with E-state index in [-0.39, 0.29) is 18.4 Å². The van der Waals surface area contributed by atoms with Crippen LogP contribution in [0.1, 0.15) is 44.0 Å². The number of likely N-dealkylation sites (N-methyl/N-ethyl adjacent to an activating group) is 2. The summed E-state index contributed by atoms with van der Waals surface area (Å²) in [5, 5.41) is 8.10. The molecule has 0 bridgehead atoms. The number of hydrogen-bond acceptors (Lipinski definition) is 6. The van der Waals surface area contributed by atoms with Crippen molar-refractivity contribution in [1.29, 1.82) is 0 Å². The number of aromatic nitrogens is 1. The topological polar surface area (TPSA) is 120 Å². The zero-order chi connectivity index (χ0) is 25.8. The number of benzene rings is 1. The van der Waals surface area contributed by atoms with Gasteiger partial charge in [0.25, 0.3) is 5.91 Å². The number of amides is 3. The Kier molecular flexibility index (Phi) is 11.0. The van der Waals surface area contributed by atoms with E-state index in [0.717, 1.165) is 11.3 Å². The molecule has 1 aromatic carbocycles. The average Bonchev–Trinajstić information content (AvgIpc) is 2.88. The van der Waals surface area contributed by atoms with Crippen molar-refractivity contribution in [3.05, 3.63) is 66.0 Å². The lowest BCUT2D eigenvalue weighted by molar-refractivity contribution is -0.140. The molecule has 188 valence electrons. The Hall–Kier alpha value is -3.59. The van der Waals surface area contributed by atoms with Gasteiger partial charge in [-0.25, -0.2) is 0 Å². The minimum absolute atomic E-state index is 0.0833. The number of carbonyl (C=O) groups is 4. The molecule has 2 aromatic rings. The molecule has 3 N–H and O–H groups in total. The van der Waals surface area contributed by atoms with Crippen molar-refractivity contribution in [2.45, 2.75) is 51.2 Å². The molecule has 0 spiro atoms. The van der Waals surface area contributed by atoms with Gasteiger partial charge in [0.05, 0.1) is 24.5 Å². The second kappa shape index (κ2) is 14.0. The highest BCUT2D eigenvalue weighted by Gasteiger charge is 2.28. The Morgan fingerprint density at radius 3 is 2.29 bits per heavy atom. The minimum atomic E-state index is -1.04. The Labute approximate surface area is 206 Å². The van der Waals surface area contributed by atoms with Gasteiger partial charge in [0.1, 0.15) is 0 Å². The van der Waals surface area contributed by atoms with Gasteiger partial charge in [0.2, 0.25) is 17.6 Å². The third kappa shape index (κ3) is 8.60. The van der Waals surface area contributed by atoms with E-state index in [1.165, 1.54) is 6.92 Å². The minimum Gasteiger partial charge on any atom is -0.345 e. The van der Waals surface area contributed by atoms with Gasteiger partial charge >= 0.3 is 0 Å². The van der Waals surface area contributed by atoms with Gasteiger partial charge in [-0.3, -0.25) is 24.2 Å². The second-order valence-electron chi connectivity index (χ2n) is 8.37. The van der Waals surface area contributed by atoms with Gasteiger partial charge in [0, 0.05) is 31.9 Å². The number of nitrogens with one attached hydrogen (secondary N) is 3. The first-order chi connectivity index (χ1) is 16.8. The molecule has 3 atom stereocenters. The van der Waals surface area contributed by atoms with Crippen molar-refractivity contribution in [3.63, 3.8) is 0 Å². The van der Waals surface area contributed by atoms with Crippen molar-refractivity contribution in [2.24, 2.45) is 0 Å². The molecule has 1 heterocycles. The van der Waals surface area contributed by atoms with Crippen LogP contribution in [0.25, 0.3) is 0 Å². The van der Waals surface area contributed by atoms with Gasteiger partial charge in [-0.1, -0.05) is 43.3 Å². The molecule has 3 unspecified atom stereocenters. The molecular formula is C26H35N5O4. The molecule has 0 radical (unpaired) electrons. The molecule has 0 saturated carbocycles. The van der Waals surface area contributed by atoms with Crippen LogP contribution < -0.4 is 16.0 Å². The van der Waals surface area contributed by atoms with Crippen molar-refractivity contribution in [1.82, 2.24) is 25.8 Å². The van der Waals surface area contributed by atoms with Crippen molar-refractivity contribution in [3.8, 4) is 0 Å². The Balaban J connectivity index is 1.87. The van der Waals surface area contributed by atoms with Crippen molar-refractivity contribution < 1.29 is 19.2 Å². The number of rotatable bonds is 13. The van der Waals surface area contributed by atoms with Gasteiger partial charge in [0.15, 0.2) is 0 Å². The number of Topliss-reactive ketones (excluding diaryl/α,β-unsaturated/α-hetero) is 1. The summed E-state index contributed by atoms with van der Waals surface area (Å²) in [5.41, 5.74) is 1.77.